The van der Waals surface area contributed by atoms with Crippen LogP contribution in [-0.4, -0.2) is 43.7 Å². The van der Waals surface area contributed by atoms with E-state index in [1.54, 1.807) is 32.4 Å². The van der Waals surface area contributed by atoms with E-state index in [-0.39, 0.29) is 24.8 Å². The molecule has 0 heterocycles. The summed E-state index contributed by atoms with van der Waals surface area (Å²) in [6.45, 7) is 0.235. The van der Waals surface area contributed by atoms with E-state index in [1.165, 1.54) is 7.11 Å². The summed E-state index contributed by atoms with van der Waals surface area (Å²) in [7, 11) is 4.41. The molecule has 7 heteroatoms. The molecule has 1 unspecified atom stereocenters. The van der Waals surface area contributed by atoms with Crippen molar-refractivity contribution in [2.24, 2.45) is 0 Å². The second-order valence-corrected chi connectivity index (χ2v) is 5.66. The molecule has 0 saturated carbocycles. The highest BCUT2D eigenvalue weighted by atomic mass is 127. The van der Waals surface area contributed by atoms with Crippen LogP contribution < -0.4 is 14.8 Å². The Hall–Kier alpha value is -1.51. The van der Waals surface area contributed by atoms with E-state index in [2.05, 4.69) is 10.1 Å². The van der Waals surface area contributed by atoms with Gasteiger partial charge in [-0.1, -0.05) is 28.7 Å². The lowest BCUT2D eigenvalue weighted by Gasteiger charge is -2.11. The van der Waals surface area contributed by atoms with Gasteiger partial charge in [0.2, 0.25) is 5.91 Å². The molecule has 0 radical (unpaired) electrons. The fourth-order valence-corrected chi connectivity index (χ4v) is 2.13. The van der Waals surface area contributed by atoms with Crippen molar-refractivity contribution in [2.75, 3.05) is 27.9 Å². The molecule has 6 nitrogen and oxygen atoms in total. The van der Waals surface area contributed by atoms with E-state index in [0.717, 1.165) is 5.56 Å². The number of benzene rings is 1. The van der Waals surface area contributed by atoms with Crippen molar-refractivity contribution in [3.63, 3.8) is 0 Å². The van der Waals surface area contributed by atoms with Gasteiger partial charge in [-0.05, 0) is 17.7 Å². The number of carbonyl (C=O) groups excluding carboxylic acids is 2. The Morgan fingerprint density at radius 1 is 1.19 bits per heavy atom. The predicted octanol–water partition coefficient (Wildman–Crippen LogP) is 1.34. The fourth-order valence-electron chi connectivity index (χ4n) is 1.65. The van der Waals surface area contributed by atoms with Crippen LogP contribution in [-0.2, 0) is 20.7 Å². The number of rotatable bonds is 7. The third-order valence-corrected chi connectivity index (χ3v) is 3.70. The van der Waals surface area contributed by atoms with E-state index < -0.39 is 3.92 Å². The molecular weight excluding hydrogens is 389 g/mol. The first-order valence-electron chi connectivity index (χ1n) is 6.21. The molecule has 0 aliphatic rings. The lowest BCUT2D eigenvalue weighted by Crippen LogP contribution is -2.34. The standard InChI is InChI=1S/C14H18INO5/c1-19-11-5-4-9(6-12(11)20-2)7-13(17)16-8-10(15)14(18)21-3/h4-6,10H,7-8H2,1-3H3,(H,16,17). The molecule has 0 spiro atoms. The SMILES string of the molecule is COC(=O)C(I)CNC(=O)Cc1ccc(OC)c(OC)c1. The number of alkyl halides is 1. The van der Waals surface area contributed by atoms with Crippen molar-refractivity contribution in [3.05, 3.63) is 23.8 Å². The molecule has 1 aromatic carbocycles. The number of amides is 1. The van der Waals surface area contributed by atoms with Gasteiger partial charge in [0, 0.05) is 6.54 Å². The third kappa shape index (κ3) is 5.41. The number of nitrogens with one attached hydrogen (secondary N) is 1. The summed E-state index contributed by atoms with van der Waals surface area (Å²) < 4.78 is 14.5. The molecular formula is C14H18INO5. The van der Waals surface area contributed by atoms with E-state index in [9.17, 15) is 9.59 Å². The normalized spacial score (nSPS) is 11.4. The number of hydrogen-bond donors (Lipinski definition) is 1. The van der Waals surface area contributed by atoms with Gasteiger partial charge in [-0.25, -0.2) is 0 Å². The van der Waals surface area contributed by atoms with Gasteiger partial charge in [0.1, 0.15) is 3.92 Å². The second-order valence-electron chi connectivity index (χ2n) is 4.16. The molecule has 1 aromatic rings. The lowest BCUT2D eigenvalue weighted by molar-refractivity contribution is -0.139. The molecule has 1 N–H and O–H groups in total. The van der Waals surface area contributed by atoms with Crippen molar-refractivity contribution in [2.45, 2.75) is 10.3 Å². The van der Waals surface area contributed by atoms with Crippen LogP contribution in [0.1, 0.15) is 5.56 Å². The first-order valence-corrected chi connectivity index (χ1v) is 7.45. The van der Waals surface area contributed by atoms with Crippen LogP contribution >= 0.6 is 22.6 Å². The van der Waals surface area contributed by atoms with Crippen LogP contribution in [0.25, 0.3) is 0 Å². The van der Waals surface area contributed by atoms with Crippen molar-refractivity contribution in [1.29, 1.82) is 0 Å². The predicted molar refractivity (Wildman–Crippen MR) is 86.1 cm³/mol. The van der Waals surface area contributed by atoms with Crippen LogP contribution in [0.4, 0.5) is 0 Å². The van der Waals surface area contributed by atoms with Crippen molar-refractivity contribution in [1.82, 2.24) is 5.32 Å². The maximum Gasteiger partial charge on any atom is 0.320 e. The minimum absolute atomic E-state index is 0.173. The highest BCUT2D eigenvalue weighted by Gasteiger charge is 2.16. The van der Waals surface area contributed by atoms with Gasteiger partial charge in [0.05, 0.1) is 27.8 Å². The number of carbonyl (C=O) groups is 2. The largest absolute Gasteiger partial charge is 0.493 e. The number of halogens is 1. The minimum Gasteiger partial charge on any atom is -0.493 e. The average Bonchev–Trinajstić information content (AvgIpc) is 2.51. The van der Waals surface area contributed by atoms with E-state index in [0.29, 0.717) is 11.5 Å². The molecule has 0 bridgehead atoms. The van der Waals surface area contributed by atoms with Gasteiger partial charge >= 0.3 is 5.97 Å². The van der Waals surface area contributed by atoms with Crippen LogP contribution in [0.2, 0.25) is 0 Å². The fraction of sp³-hybridized carbons (Fsp3) is 0.429. The number of esters is 1. The Labute approximate surface area is 137 Å². The monoisotopic (exact) mass is 407 g/mol. The summed E-state index contributed by atoms with van der Waals surface area (Å²) in [6, 6.07) is 5.29. The molecule has 116 valence electrons. The average molecular weight is 407 g/mol. The maximum atomic E-state index is 11.8. The summed E-state index contributed by atoms with van der Waals surface area (Å²) in [5, 5.41) is 2.69. The number of hydrogen-bond acceptors (Lipinski definition) is 5. The highest BCUT2D eigenvalue weighted by Crippen LogP contribution is 2.27. The van der Waals surface area contributed by atoms with Gasteiger partial charge in [-0.2, -0.15) is 0 Å². The van der Waals surface area contributed by atoms with Crippen LogP contribution in [0.5, 0.6) is 11.5 Å². The summed E-state index contributed by atoms with van der Waals surface area (Å²) in [5.41, 5.74) is 0.799. The Balaban J connectivity index is 2.57. The zero-order valence-electron chi connectivity index (χ0n) is 12.1. The Morgan fingerprint density at radius 3 is 2.43 bits per heavy atom. The van der Waals surface area contributed by atoms with E-state index in [4.69, 9.17) is 9.47 Å². The minimum atomic E-state index is -0.401. The van der Waals surface area contributed by atoms with Crippen molar-refractivity contribution >= 4 is 34.5 Å². The first kappa shape index (κ1) is 17.5. The molecule has 0 aliphatic carbocycles. The van der Waals surface area contributed by atoms with Crippen LogP contribution in [0.3, 0.4) is 0 Å². The quantitative estimate of drug-likeness (QED) is 0.420. The van der Waals surface area contributed by atoms with Crippen molar-refractivity contribution < 1.29 is 23.8 Å². The highest BCUT2D eigenvalue weighted by molar-refractivity contribution is 14.1. The molecule has 0 saturated heterocycles. The summed E-state index contributed by atoms with van der Waals surface area (Å²) in [6.07, 6.45) is 0.199. The lowest BCUT2D eigenvalue weighted by atomic mass is 10.1. The number of methoxy groups -OCH3 is 3. The van der Waals surface area contributed by atoms with E-state index >= 15 is 0 Å². The molecule has 1 rings (SSSR count). The zero-order valence-corrected chi connectivity index (χ0v) is 14.3. The maximum absolute atomic E-state index is 11.8. The summed E-state index contributed by atoms with van der Waals surface area (Å²) in [5.74, 6) is 0.651. The molecule has 1 atom stereocenters. The molecule has 0 aliphatic heterocycles. The Kier molecular flexibility index (Phi) is 7.27. The summed E-state index contributed by atoms with van der Waals surface area (Å²) >= 11 is 1.93. The van der Waals surface area contributed by atoms with E-state index in [1.807, 2.05) is 22.6 Å². The van der Waals surface area contributed by atoms with Crippen LogP contribution in [0, 0.1) is 0 Å². The Morgan fingerprint density at radius 2 is 1.86 bits per heavy atom. The topological polar surface area (TPSA) is 73.9 Å². The van der Waals surface area contributed by atoms with Gasteiger partial charge in [0.15, 0.2) is 11.5 Å². The van der Waals surface area contributed by atoms with Gasteiger partial charge in [-0.15, -0.1) is 0 Å². The first-order chi connectivity index (χ1) is 10.0. The van der Waals surface area contributed by atoms with Crippen molar-refractivity contribution in [3.8, 4) is 11.5 Å². The Bertz CT molecular complexity index is 506. The summed E-state index contributed by atoms with van der Waals surface area (Å²) in [4.78, 5) is 23.1. The van der Waals surface area contributed by atoms with Crippen LogP contribution in [0.15, 0.2) is 18.2 Å². The smallest absolute Gasteiger partial charge is 0.320 e. The van der Waals surface area contributed by atoms with Gasteiger partial charge < -0.3 is 19.5 Å². The molecule has 1 amide bonds. The van der Waals surface area contributed by atoms with Gasteiger partial charge in [0.25, 0.3) is 0 Å². The molecule has 0 aromatic heterocycles. The third-order valence-electron chi connectivity index (χ3n) is 2.75. The molecule has 21 heavy (non-hydrogen) atoms. The van der Waals surface area contributed by atoms with Gasteiger partial charge in [-0.3, -0.25) is 9.59 Å². The second kappa shape index (κ2) is 8.71. The number of ether oxygens (including phenoxy) is 3. The zero-order chi connectivity index (χ0) is 15.8. The molecule has 0 fully saturated rings.